The third kappa shape index (κ3) is 6.19. The number of rotatable bonds is 7. The summed E-state index contributed by atoms with van der Waals surface area (Å²) >= 11 is 0. The lowest BCUT2D eigenvalue weighted by Gasteiger charge is -2.11. The van der Waals surface area contributed by atoms with Crippen molar-refractivity contribution in [3.63, 3.8) is 0 Å². The maximum atomic E-state index is 11.0. The number of para-hydroxylation sites is 1. The third-order valence-corrected chi connectivity index (χ3v) is 3.27. The van der Waals surface area contributed by atoms with E-state index in [9.17, 15) is 10.1 Å². The maximum absolute atomic E-state index is 11.0. The van der Waals surface area contributed by atoms with Crippen LogP contribution < -0.4 is 10.6 Å². The van der Waals surface area contributed by atoms with E-state index in [1.165, 1.54) is 6.07 Å². The summed E-state index contributed by atoms with van der Waals surface area (Å²) < 4.78 is 2.07. The molecule has 2 rings (SSSR count). The first kappa shape index (κ1) is 19.9. The van der Waals surface area contributed by atoms with Crippen LogP contribution in [0.5, 0.6) is 0 Å². The highest BCUT2D eigenvalue weighted by molar-refractivity contribution is 14.0. The first-order valence-corrected chi connectivity index (χ1v) is 7.56. The van der Waals surface area contributed by atoms with Gasteiger partial charge in [0, 0.05) is 38.1 Å². The van der Waals surface area contributed by atoms with Crippen molar-refractivity contribution >= 4 is 35.6 Å². The van der Waals surface area contributed by atoms with Crippen molar-refractivity contribution in [3.05, 3.63) is 64.5 Å². The van der Waals surface area contributed by atoms with Gasteiger partial charge in [0.05, 0.1) is 17.0 Å². The van der Waals surface area contributed by atoms with E-state index in [4.69, 9.17) is 0 Å². The molecule has 0 aliphatic carbocycles. The van der Waals surface area contributed by atoms with Crippen molar-refractivity contribution in [2.24, 2.45) is 4.99 Å². The standard InChI is InChI=1S/C16H21N5O2.HI/c1-2-17-16(18-9-12-20-10-5-6-11-20)19-13-14-7-3-4-8-15(14)21(22)23;/h3-8,10-11H,2,9,12-13H2,1H3,(H2,17,18,19);1H. The predicted molar refractivity (Wildman–Crippen MR) is 106 cm³/mol. The van der Waals surface area contributed by atoms with Crippen LogP contribution in [-0.2, 0) is 13.1 Å². The topological polar surface area (TPSA) is 84.5 Å². The lowest BCUT2D eigenvalue weighted by molar-refractivity contribution is -0.385. The zero-order valence-corrected chi connectivity index (χ0v) is 15.8. The minimum absolute atomic E-state index is 0. The van der Waals surface area contributed by atoms with Crippen LogP contribution in [-0.4, -0.2) is 28.5 Å². The number of guanidine groups is 1. The highest BCUT2D eigenvalue weighted by Gasteiger charge is 2.11. The molecule has 0 bridgehead atoms. The van der Waals surface area contributed by atoms with E-state index in [2.05, 4.69) is 20.2 Å². The fourth-order valence-electron chi connectivity index (χ4n) is 2.15. The first-order valence-electron chi connectivity index (χ1n) is 7.56. The molecule has 1 aromatic carbocycles. The fraction of sp³-hybridized carbons (Fsp3) is 0.312. The molecule has 1 aromatic heterocycles. The number of benzene rings is 1. The number of nitrogens with zero attached hydrogens (tertiary/aromatic N) is 3. The van der Waals surface area contributed by atoms with E-state index in [-0.39, 0.29) is 41.1 Å². The molecule has 24 heavy (non-hydrogen) atoms. The second kappa shape index (κ2) is 10.6. The second-order valence-electron chi connectivity index (χ2n) is 4.93. The molecule has 130 valence electrons. The van der Waals surface area contributed by atoms with Gasteiger partial charge in [-0.05, 0) is 19.1 Å². The van der Waals surface area contributed by atoms with Gasteiger partial charge < -0.3 is 15.2 Å². The molecule has 0 aliphatic rings. The van der Waals surface area contributed by atoms with Crippen LogP contribution in [0, 0.1) is 10.1 Å². The SMILES string of the molecule is CCNC(=NCc1ccccc1[N+](=O)[O-])NCCn1cccc1.I. The Bertz CT molecular complexity index is 658. The van der Waals surface area contributed by atoms with Gasteiger partial charge >= 0.3 is 0 Å². The predicted octanol–water partition coefficient (Wildman–Crippen LogP) is 2.77. The van der Waals surface area contributed by atoms with Crippen molar-refractivity contribution in [1.82, 2.24) is 15.2 Å². The first-order chi connectivity index (χ1) is 11.2. The quantitative estimate of drug-likeness (QED) is 0.227. The molecule has 2 N–H and O–H groups in total. The molecular formula is C16H22IN5O2. The Morgan fingerprint density at radius 2 is 1.92 bits per heavy atom. The number of nitro groups is 1. The van der Waals surface area contributed by atoms with Crippen LogP contribution in [0.4, 0.5) is 5.69 Å². The largest absolute Gasteiger partial charge is 0.357 e. The van der Waals surface area contributed by atoms with E-state index in [0.717, 1.165) is 19.6 Å². The van der Waals surface area contributed by atoms with Crippen molar-refractivity contribution in [2.45, 2.75) is 20.0 Å². The molecule has 1 heterocycles. The van der Waals surface area contributed by atoms with Gasteiger partial charge in [0.2, 0.25) is 0 Å². The van der Waals surface area contributed by atoms with Crippen LogP contribution in [0.25, 0.3) is 0 Å². The Hall–Kier alpha value is -2.10. The summed E-state index contributed by atoms with van der Waals surface area (Å²) in [6.45, 7) is 4.51. The molecule has 0 radical (unpaired) electrons. The van der Waals surface area contributed by atoms with Gasteiger partial charge in [-0.25, -0.2) is 4.99 Å². The number of aliphatic imine (C=N–C) groups is 1. The van der Waals surface area contributed by atoms with E-state index >= 15 is 0 Å². The number of hydrogen-bond donors (Lipinski definition) is 2. The van der Waals surface area contributed by atoms with Crippen LogP contribution >= 0.6 is 24.0 Å². The number of nitro benzene ring substituents is 1. The molecule has 8 heteroatoms. The minimum atomic E-state index is -0.378. The van der Waals surface area contributed by atoms with Crippen LogP contribution in [0.15, 0.2) is 53.8 Å². The van der Waals surface area contributed by atoms with E-state index < -0.39 is 0 Å². The summed E-state index contributed by atoms with van der Waals surface area (Å²) in [6, 6.07) is 10.6. The van der Waals surface area contributed by atoms with Crippen molar-refractivity contribution in [1.29, 1.82) is 0 Å². The highest BCUT2D eigenvalue weighted by Crippen LogP contribution is 2.18. The molecule has 0 fully saturated rings. The summed E-state index contributed by atoms with van der Waals surface area (Å²) in [5, 5.41) is 17.4. The number of nitrogens with one attached hydrogen (secondary N) is 2. The number of aromatic nitrogens is 1. The van der Waals surface area contributed by atoms with Gasteiger partial charge in [0.15, 0.2) is 5.96 Å². The molecule has 0 aliphatic heterocycles. The lowest BCUT2D eigenvalue weighted by Crippen LogP contribution is -2.38. The van der Waals surface area contributed by atoms with Crippen LogP contribution in [0.2, 0.25) is 0 Å². The van der Waals surface area contributed by atoms with Crippen molar-refractivity contribution in [3.8, 4) is 0 Å². The molecule has 0 amide bonds. The molecule has 0 atom stereocenters. The van der Waals surface area contributed by atoms with Crippen molar-refractivity contribution < 1.29 is 4.92 Å². The average molecular weight is 443 g/mol. The van der Waals surface area contributed by atoms with E-state index in [1.54, 1.807) is 18.2 Å². The Labute approximate surface area is 158 Å². The van der Waals surface area contributed by atoms with Gasteiger partial charge in [0.1, 0.15) is 0 Å². The Morgan fingerprint density at radius 1 is 1.21 bits per heavy atom. The monoisotopic (exact) mass is 443 g/mol. The summed E-state index contributed by atoms with van der Waals surface area (Å²) in [5.74, 6) is 0.651. The van der Waals surface area contributed by atoms with Gasteiger partial charge in [-0.2, -0.15) is 0 Å². The molecule has 0 saturated heterocycles. The minimum Gasteiger partial charge on any atom is -0.357 e. The summed E-state index contributed by atoms with van der Waals surface area (Å²) in [4.78, 5) is 15.1. The van der Waals surface area contributed by atoms with Crippen molar-refractivity contribution in [2.75, 3.05) is 13.1 Å². The Morgan fingerprint density at radius 3 is 2.58 bits per heavy atom. The van der Waals surface area contributed by atoms with Gasteiger partial charge in [-0.3, -0.25) is 10.1 Å². The molecule has 0 spiro atoms. The van der Waals surface area contributed by atoms with E-state index in [0.29, 0.717) is 11.5 Å². The number of hydrogen-bond acceptors (Lipinski definition) is 3. The lowest BCUT2D eigenvalue weighted by atomic mass is 10.2. The summed E-state index contributed by atoms with van der Waals surface area (Å²) in [6.07, 6.45) is 4.00. The summed E-state index contributed by atoms with van der Waals surface area (Å²) in [7, 11) is 0. The molecular weight excluding hydrogens is 421 g/mol. The number of halogens is 1. The van der Waals surface area contributed by atoms with Gasteiger partial charge in [0.25, 0.3) is 5.69 Å². The zero-order valence-electron chi connectivity index (χ0n) is 13.5. The highest BCUT2D eigenvalue weighted by atomic mass is 127. The third-order valence-electron chi connectivity index (χ3n) is 3.27. The normalized spacial score (nSPS) is 10.8. The average Bonchev–Trinajstić information content (AvgIpc) is 3.06. The van der Waals surface area contributed by atoms with E-state index in [1.807, 2.05) is 31.5 Å². The van der Waals surface area contributed by atoms with Gasteiger partial charge in [-0.1, -0.05) is 18.2 Å². The zero-order chi connectivity index (χ0) is 16.5. The smallest absolute Gasteiger partial charge is 0.274 e. The van der Waals surface area contributed by atoms with Gasteiger partial charge in [-0.15, -0.1) is 24.0 Å². The molecule has 7 nitrogen and oxygen atoms in total. The molecule has 0 saturated carbocycles. The van der Waals surface area contributed by atoms with Crippen LogP contribution in [0.3, 0.4) is 0 Å². The maximum Gasteiger partial charge on any atom is 0.274 e. The second-order valence-corrected chi connectivity index (χ2v) is 4.93. The Balaban J connectivity index is 0.00000288. The Kier molecular flexibility index (Phi) is 8.84. The fourth-order valence-corrected chi connectivity index (χ4v) is 2.15. The molecule has 2 aromatic rings. The van der Waals surface area contributed by atoms with Crippen LogP contribution in [0.1, 0.15) is 12.5 Å². The summed E-state index contributed by atoms with van der Waals surface area (Å²) in [5.41, 5.74) is 0.694. The molecule has 0 unspecified atom stereocenters.